The molecule has 1 N–H and O–H groups in total. The Bertz CT molecular complexity index is 367. The molecule has 0 radical (unpaired) electrons. The highest BCUT2D eigenvalue weighted by molar-refractivity contribution is 9.11. The third-order valence-electron chi connectivity index (χ3n) is 3.03. The van der Waals surface area contributed by atoms with E-state index in [1.54, 1.807) is 0 Å². The Morgan fingerprint density at radius 1 is 1.40 bits per heavy atom. The number of rotatable bonds is 2. The summed E-state index contributed by atoms with van der Waals surface area (Å²) in [6, 6.07) is 0. The summed E-state index contributed by atoms with van der Waals surface area (Å²) in [5, 5.41) is 11.1. The molecule has 2 rings (SSSR count). The van der Waals surface area contributed by atoms with Gasteiger partial charge in [0.15, 0.2) is 0 Å². The van der Waals surface area contributed by atoms with Crippen molar-refractivity contribution in [3.63, 3.8) is 0 Å². The molecule has 1 fully saturated rings. The molecule has 0 spiro atoms. The van der Waals surface area contributed by atoms with Crippen LogP contribution in [-0.4, -0.2) is 11.1 Å². The van der Waals surface area contributed by atoms with Gasteiger partial charge >= 0.3 is 5.97 Å². The molecular formula is C11H13BrO2S. The van der Waals surface area contributed by atoms with Crippen LogP contribution in [-0.2, 0) is 0 Å². The van der Waals surface area contributed by atoms with Gasteiger partial charge in [0.05, 0.1) is 9.35 Å². The second kappa shape index (κ2) is 4.66. The monoisotopic (exact) mass is 288 g/mol. The normalized spacial score (nSPS) is 17.9. The molecule has 0 bridgehead atoms. The molecule has 15 heavy (non-hydrogen) atoms. The Hall–Kier alpha value is -0.350. The summed E-state index contributed by atoms with van der Waals surface area (Å²) in [6.07, 6.45) is 6.05. The van der Waals surface area contributed by atoms with Crippen molar-refractivity contribution in [2.24, 2.45) is 0 Å². The van der Waals surface area contributed by atoms with E-state index >= 15 is 0 Å². The van der Waals surface area contributed by atoms with Gasteiger partial charge in [-0.2, -0.15) is 0 Å². The van der Waals surface area contributed by atoms with E-state index in [1.807, 2.05) is 5.38 Å². The topological polar surface area (TPSA) is 37.3 Å². The largest absolute Gasteiger partial charge is 0.478 e. The lowest BCUT2D eigenvalue weighted by Crippen LogP contribution is -2.08. The lowest BCUT2D eigenvalue weighted by molar-refractivity contribution is 0.0694. The maximum atomic E-state index is 11.1. The van der Waals surface area contributed by atoms with Crippen LogP contribution in [0.4, 0.5) is 0 Å². The molecule has 0 aromatic carbocycles. The van der Waals surface area contributed by atoms with Gasteiger partial charge in [0.25, 0.3) is 0 Å². The maximum Gasteiger partial charge on any atom is 0.338 e. The number of carbonyl (C=O) groups is 1. The zero-order valence-electron chi connectivity index (χ0n) is 8.33. The Labute approximate surface area is 101 Å². The molecule has 1 aromatic heterocycles. The quantitative estimate of drug-likeness (QED) is 0.883. The van der Waals surface area contributed by atoms with E-state index < -0.39 is 5.97 Å². The zero-order valence-corrected chi connectivity index (χ0v) is 10.7. The van der Waals surface area contributed by atoms with Crippen molar-refractivity contribution in [2.45, 2.75) is 38.0 Å². The molecule has 0 amide bonds. The van der Waals surface area contributed by atoms with Crippen molar-refractivity contribution in [3.05, 3.63) is 20.3 Å². The summed E-state index contributed by atoms with van der Waals surface area (Å²) in [6.45, 7) is 0. The predicted molar refractivity (Wildman–Crippen MR) is 64.8 cm³/mol. The molecule has 1 aliphatic carbocycles. The van der Waals surface area contributed by atoms with Crippen LogP contribution in [0.3, 0.4) is 0 Å². The molecule has 2 nitrogen and oxygen atoms in total. The summed E-state index contributed by atoms with van der Waals surface area (Å²) >= 11 is 4.81. The van der Waals surface area contributed by atoms with Crippen molar-refractivity contribution in [3.8, 4) is 0 Å². The van der Waals surface area contributed by atoms with Gasteiger partial charge in [-0.05, 0) is 45.6 Å². The summed E-state index contributed by atoms with van der Waals surface area (Å²) in [7, 11) is 0. The van der Waals surface area contributed by atoms with Gasteiger partial charge in [0.2, 0.25) is 0 Å². The minimum Gasteiger partial charge on any atom is -0.478 e. The summed E-state index contributed by atoms with van der Waals surface area (Å²) in [4.78, 5) is 11.1. The van der Waals surface area contributed by atoms with E-state index in [-0.39, 0.29) is 0 Å². The molecule has 1 saturated carbocycles. The first kappa shape index (κ1) is 11.1. The number of carboxylic acids is 1. The second-order valence-electron chi connectivity index (χ2n) is 3.98. The minimum absolute atomic E-state index is 0.465. The number of halogens is 1. The Morgan fingerprint density at radius 3 is 2.67 bits per heavy atom. The average molecular weight is 289 g/mol. The molecular weight excluding hydrogens is 276 g/mol. The van der Waals surface area contributed by atoms with Gasteiger partial charge in [-0.15, -0.1) is 11.3 Å². The molecule has 1 heterocycles. The van der Waals surface area contributed by atoms with Gasteiger partial charge in [0.1, 0.15) is 0 Å². The maximum absolute atomic E-state index is 11.1. The second-order valence-corrected chi connectivity index (χ2v) is 6.18. The fourth-order valence-corrected chi connectivity index (χ4v) is 3.81. The van der Waals surface area contributed by atoms with Crippen LogP contribution in [0.15, 0.2) is 9.17 Å². The number of aromatic carboxylic acids is 1. The van der Waals surface area contributed by atoms with Crippen molar-refractivity contribution in [2.75, 3.05) is 0 Å². The van der Waals surface area contributed by atoms with Crippen molar-refractivity contribution < 1.29 is 9.90 Å². The number of thiophene rings is 1. The molecule has 1 aliphatic rings. The summed E-state index contributed by atoms with van der Waals surface area (Å²) in [5.41, 5.74) is 1.53. The van der Waals surface area contributed by atoms with Crippen LogP contribution >= 0.6 is 27.3 Å². The predicted octanol–water partition coefficient (Wildman–Crippen LogP) is 4.26. The molecule has 4 heteroatoms. The van der Waals surface area contributed by atoms with Gasteiger partial charge in [-0.25, -0.2) is 4.79 Å². The van der Waals surface area contributed by atoms with Gasteiger partial charge in [0, 0.05) is 0 Å². The molecule has 1 aromatic rings. The first-order chi connectivity index (χ1) is 7.20. The third kappa shape index (κ3) is 2.26. The summed E-state index contributed by atoms with van der Waals surface area (Å²) < 4.78 is 0.760. The number of carboxylic acid groups (broad SMARTS) is 1. The van der Waals surface area contributed by atoms with E-state index in [1.165, 1.54) is 30.6 Å². The van der Waals surface area contributed by atoms with Crippen LogP contribution in [0.25, 0.3) is 0 Å². The zero-order chi connectivity index (χ0) is 10.8. The van der Waals surface area contributed by atoms with E-state index in [0.717, 1.165) is 22.2 Å². The van der Waals surface area contributed by atoms with Crippen LogP contribution in [0, 0.1) is 0 Å². The van der Waals surface area contributed by atoms with Crippen LogP contribution < -0.4 is 0 Å². The van der Waals surface area contributed by atoms with Crippen LogP contribution in [0.2, 0.25) is 0 Å². The first-order valence-corrected chi connectivity index (χ1v) is 6.87. The third-order valence-corrected chi connectivity index (χ3v) is 4.77. The Kier molecular flexibility index (Phi) is 3.46. The standard InChI is InChI=1S/C11H13BrO2S/c12-10-9(11(13)14)8(6-15-10)7-4-2-1-3-5-7/h6-7H,1-5H2,(H,13,14). The Balaban J connectivity index is 2.30. The van der Waals surface area contributed by atoms with Crippen LogP contribution in [0.1, 0.15) is 53.9 Å². The minimum atomic E-state index is -0.802. The number of hydrogen-bond donors (Lipinski definition) is 1. The highest BCUT2D eigenvalue weighted by atomic mass is 79.9. The van der Waals surface area contributed by atoms with E-state index in [2.05, 4.69) is 15.9 Å². The molecule has 0 aliphatic heterocycles. The fourth-order valence-electron chi connectivity index (χ4n) is 2.27. The average Bonchev–Trinajstić information content (AvgIpc) is 2.61. The van der Waals surface area contributed by atoms with Gasteiger partial charge in [-0.1, -0.05) is 19.3 Å². The van der Waals surface area contributed by atoms with Crippen molar-refractivity contribution in [1.82, 2.24) is 0 Å². The smallest absolute Gasteiger partial charge is 0.338 e. The lowest BCUT2D eigenvalue weighted by atomic mass is 9.84. The van der Waals surface area contributed by atoms with E-state index in [0.29, 0.717) is 11.5 Å². The van der Waals surface area contributed by atoms with Crippen LogP contribution in [0.5, 0.6) is 0 Å². The molecule has 82 valence electrons. The van der Waals surface area contributed by atoms with Crippen molar-refractivity contribution in [1.29, 1.82) is 0 Å². The summed E-state index contributed by atoms with van der Waals surface area (Å²) in [5.74, 6) is -0.337. The Morgan fingerprint density at radius 2 is 2.07 bits per heavy atom. The molecule has 0 atom stereocenters. The van der Waals surface area contributed by atoms with E-state index in [4.69, 9.17) is 5.11 Å². The number of hydrogen-bond acceptors (Lipinski definition) is 2. The van der Waals surface area contributed by atoms with Gasteiger partial charge < -0.3 is 5.11 Å². The fraction of sp³-hybridized carbons (Fsp3) is 0.545. The van der Waals surface area contributed by atoms with E-state index in [9.17, 15) is 4.79 Å². The lowest BCUT2D eigenvalue weighted by Gasteiger charge is -2.21. The molecule has 0 saturated heterocycles. The SMILES string of the molecule is O=C(O)c1c(C2CCCCC2)csc1Br. The highest BCUT2D eigenvalue weighted by Gasteiger charge is 2.24. The first-order valence-electron chi connectivity index (χ1n) is 5.20. The van der Waals surface area contributed by atoms with Crippen molar-refractivity contribution >= 4 is 33.2 Å². The molecule has 0 unspecified atom stereocenters. The highest BCUT2D eigenvalue weighted by Crippen LogP contribution is 2.39. The van der Waals surface area contributed by atoms with Gasteiger partial charge in [-0.3, -0.25) is 0 Å².